The molecule has 0 unspecified atom stereocenters. The molecule has 0 aliphatic carbocycles. The monoisotopic (exact) mass is 237 g/mol. The SMILES string of the molecule is O=C(O)c1cccn1-c1cccc2ccccc12. The zero-order valence-electron chi connectivity index (χ0n) is 9.58. The number of carboxylic acids is 1. The van der Waals surface area contributed by atoms with E-state index in [-0.39, 0.29) is 5.69 Å². The zero-order chi connectivity index (χ0) is 12.5. The predicted octanol–water partition coefficient (Wildman–Crippen LogP) is 3.33. The van der Waals surface area contributed by atoms with Crippen LogP contribution in [0.3, 0.4) is 0 Å². The second-order valence-electron chi connectivity index (χ2n) is 4.07. The number of carboxylic acid groups (broad SMARTS) is 1. The maximum Gasteiger partial charge on any atom is 0.352 e. The molecule has 0 radical (unpaired) electrons. The Kier molecular flexibility index (Phi) is 2.38. The first-order valence-corrected chi connectivity index (χ1v) is 5.66. The van der Waals surface area contributed by atoms with Gasteiger partial charge in [0.15, 0.2) is 0 Å². The van der Waals surface area contributed by atoms with Crippen molar-refractivity contribution in [3.63, 3.8) is 0 Å². The van der Waals surface area contributed by atoms with Gasteiger partial charge in [-0.1, -0.05) is 36.4 Å². The second-order valence-corrected chi connectivity index (χ2v) is 4.07. The van der Waals surface area contributed by atoms with Crippen LogP contribution >= 0.6 is 0 Å². The van der Waals surface area contributed by atoms with Crippen LogP contribution in [-0.2, 0) is 0 Å². The molecule has 0 fully saturated rings. The summed E-state index contributed by atoms with van der Waals surface area (Å²) in [5.74, 6) is -0.923. The fraction of sp³-hybridized carbons (Fsp3) is 0. The van der Waals surface area contributed by atoms with Gasteiger partial charge in [-0.15, -0.1) is 0 Å². The van der Waals surface area contributed by atoms with E-state index in [1.807, 2.05) is 42.5 Å². The average Bonchev–Trinajstić information content (AvgIpc) is 2.87. The Morgan fingerprint density at radius 1 is 0.944 bits per heavy atom. The highest BCUT2D eigenvalue weighted by molar-refractivity contribution is 5.93. The molecule has 1 aromatic heterocycles. The third-order valence-corrected chi connectivity index (χ3v) is 2.99. The second kappa shape index (κ2) is 4.04. The van der Waals surface area contributed by atoms with Crippen molar-refractivity contribution in [1.82, 2.24) is 4.57 Å². The van der Waals surface area contributed by atoms with E-state index in [1.54, 1.807) is 22.9 Å². The minimum atomic E-state index is -0.923. The molecule has 0 saturated heterocycles. The lowest BCUT2D eigenvalue weighted by atomic mass is 10.1. The number of nitrogens with zero attached hydrogens (tertiary/aromatic N) is 1. The Bertz CT molecular complexity index is 723. The molecule has 0 saturated carbocycles. The average molecular weight is 237 g/mol. The lowest BCUT2D eigenvalue weighted by Crippen LogP contribution is -2.05. The number of benzene rings is 2. The van der Waals surface area contributed by atoms with Crippen LogP contribution in [0, 0.1) is 0 Å². The summed E-state index contributed by atoms with van der Waals surface area (Å²) in [5.41, 5.74) is 1.15. The first-order valence-electron chi connectivity index (χ1n) is 5.66. The van der Waals surface area contributed by atoms with Crippen molar-refractivity contribution >= 4 is 16.7 Å². The minimum absolute atomic E-state index is 0.270. The summed E-state index contributed by atoms with van der Waals surface area (Å²) in [7, 11) is 0. The van der Waals surface area contributed by atoms with Crippen molar-refractivity contribution in [2.45, 2.75) is 0 Å². The highest BCUT2D eigenvalue weighted by Gasteiger charge is 2.11. The van der Waals surface area contributed by atoms with Crippen LogP contribution in [0.25, 0.3) is 16.5 Å². The molecule has 2 aromatic carbocycles. The summed E-state index contributed by atoms with van der Waals surface area (Å²) in [6.45, 7) is 0. The van der Waals surface area contributed by atoms with Gasteiger partial charge < -0.3 is 9.67 Å². The molecule has 3 rings (SSSR count). The van der Waals surface area contributed by atoms with E-state index >= 15 is 0 Å². The molecule has 0 spiro atoms. The van der Waals surface area contributed by atoms with Crippen LogP contribution in [0.2, 0.25) is 0 Å². The molecule has 0 bridgehead atoms. The van der Waals surface area contributed by atoms with Gasteiger partial charge in [0.2, 0.25) is 0 Å². The molecule has 0 amide bonds. The van der Waals surface area contributed by atoms with Gasteiger partial charge >= 0.3 is 5.97 Å². The summed E-state index contributed by atoms with van der Waals surface area (Å²) in [6, 6.07) is 17.2. The Hall–Kier alpha value is -2.55. The van der Waals surface area contributed by atoms with Gasteiger partial charge in [0.25, 0.3) is 0 Å². The fourth-order valence-electron chi connectivity index (χ4n) is 2.18. The maximum atomic E-state index is 11.2. The van der Waals surface area contributed by atoms with E-state index in [9.17, 15) is 4.79 Å². The maximum absolute atomic E-state index is 11.2. The van der Waals surface area contributed by atoms with E-state index in [1.165, 1.54) is 0 Å². The topological polar surface area (TPSA) is 42.2 Å². The highest BCUT2D eigenvalue weighted by atomic mass is 16.4. The third kappa shape index (κ3) is 1.57. The summed E-state index contributed by atoms with van der Waals surface area (Å²) in [6.07, 6.45) is 1.77. The van der Waals surface area contributed by atoms with E-state index in [4.69, 9.17) is 5.11 Å². The molecule has 1 N–H and O–H groups in total. The fourth-order valence-corrected chi connectivity index (χ4v) is 2.18. The van der Waals surface area contributed by atoms with Crippen molar-refractivity contribution in [3.05, 3.63) is 66.5 Å². The lowest BCUT2D eigenvalue weighted by molar-refractivity contribution is 0.0688. The number of aromatic carboxylic acids is 1. The van der Waals surface area contributed by atoms with Crippen molar-refractivity contribution in [2.75, 3.05) is 0 Å². The predicted molar refractivity (Wildman–Crippen MR) is 70.2 cm³/mol. The minimum Gasteiger partial charge on any atom is -0.477 e. The van der Waals surface area contributed by atoms with Gasteiger partial charge in [0.05, 0.1) is 5.69 Å². The Balaban J connectivity index is 2.32. The van der Waals surface area contributed by atoms with Gasteiger partial charge in [0.1, 0.15) is 5.69 Å². The van der Waals surface area contributed by atoms with Gasteiger partial charge in [-0.25, -0.2) is 4.79 Å². The standard InChI is InChI=1S/C15H11NO2/c17-15(18)14-9-4-10-16(14)13-8-3-6-11-5-1-2-7-12(11)13/h1-10H,(H,17,18). The summed E-state index contributed by atoms with van der Waals surface area (Å²) >= 11 is 0. The molecule has 1 heterocycles. The Morgan fingerprint density at radius 3 is 2.56 bits per heavy atom. The molecule has 0 aliphatic rings. The highest BCUT2D eigenvalue weighted by Crippen LogP contribution is 2.23. The van der Waals surface area contributed by atoms with Crippen LogP contribution in [0.1, 0.15) is 10.5 Å². The van der Waals surface area contributed by atoms with E-state index in [0.717, 1.165) is 16.5 Å². The van der Waals surface area contributed by atoms with Crippen LogP contribution in [-0.4, -0.2) is 15.6 Å². The lowest BCUT2D eigenvalue weighted by Gasteiger charge is -2.09. The van der Waals surface area contributed by atoms with Gasteiger partial charge in [-0.2, -0.15) is 0 Å². The van der Waals surface area contributed by atoms with Gasteiger partial charge in [-0.3, -0.25) is 0 Å². The van der Waals surface area contributed by atoms with E-state index < -0.39 is 5.97 Å². The number of carbonyl (C=O) groups is 1. The number of rotatable bonds is 2. The van der Waals surface area contributed by atoms with Crippen LogP contribution in [0.5, 0.6) is 0 Å². The number of hydrogen-bond donors (Lipinski definition) is 1. The van der Waals surface area contributed by atoms with Crippen molar-refractivity contribution in [2.24, 2.45) is 0 Å². The summed E-state index contributed by atoms with van der Waals surface area (Å²) < 4.78 is 1.70. The molecule has 3 aromatic rings. The third-order valence-electron chi connectivity index (χ3n) is 2.99. The van der Waals surface area contributed by atoms with Crippen LogP contribution in [0.4, 0.5) is 0 Å². The van der Waals surface area contributed by atoms with Gasteiger partial charge in [0, 0.05) is 11.6 Å². The van der Waals surface area contributed by atoms with Crippen molar-refractivity contribution in [3.8, 4) is 5.69 Å². The zero-order valence-corrected chi connectivity index (χ0v) is 9.58. The first kappa shape index (κ1) is 10.6. The van der Waals surface area contributed by atoms with E-state index in [2.05, 4.69) is 0 Å². The molecule has 88 valence electrons. The Labute approximate surface area is 104 Å². The van der Waals surface area contributed by atoms with Crippen molar-refractivity contribution < 1.29 is 9.90 Å². The number of aromatic nitrogens is 1. The smallest absolute Gasteiger partial charge is 0.352 e. The first-order chi connectivity index (χ1) is 8.77. The molecule has 3 nitrogen and oxygen atoms in total. The van der Waals surface area contributed by atoms with Crippen molar-refractivity contribution in [1.29, 1.82) is 0 Å². The quantitative estimate of drug-likeness (QED) is 0.742. The molecular formula is C15H11NO2. The largest absolute Gasteiger partial charge is 0.477 e. The van der Waals surface area contributed by atoms with Crippen LogP contribution < -0.4 is 0 Å². The molecule has 0 atom stereocenters. The van der Waals surface area contributed by atoms with Crippen LogP contribution in [0.15, 0.2) is 60.8 Å². The summed E-state index contributed by atoms with van der Waals surface area (Å²) in [4.78, 5) is 11.2. The normalized spacial score (nSPS) is 10.7. The van der Waals surface area contributed by atoms with Gasteiger partial charge in [-0.05, 0) is 23.6 Å². The Morgan fingerprint density at radius 2 is 1.72 bits per heavy atom. The molecule has 3 heteroatoms. The number of fused-ring (bicyclic) bond motifs is 1. The molecular weight excluding hydrogens is 226 g/mol. The summed E-state index contributed by atoms with van der Waals surface area (Å²) in [5, 5.41) is 11.3. The number of hydrogen-bond acceptors (Lipinski definition) is 1. The molecule has 18 heavy (non-hydrogen) atoms. The van der Waals surface area contributed by atoms with E-state index in [0.29, 0.717) is 0 Å². The molecule has 0 aliphatic heterocycles.